The molecule has 0 aliphatic heterocycles. The molecule has 30 heavy (non-hydrogen) atoms. The van der Waals surface area contributed by atoms with Gasteiger partial charge in [-0.05, 0) is 36.6 Å². The predicted molar refractivity (Wildman–Crippen MR) is 119 cm³/mol. The van der Waals surface area contributed by atoms with Gasteiger partial charge in [0.15, 0.2) is 4.34 Å². The minimum Gasteiger partial charge on any atom is -0.495 e. The number of rotatable bonds is 8. The summed E-state index contributed by atoms with van der Waals surface area (Å²) >= 11 is 8.69. The quantitative estimate of drug-likeness (QED) is 0.383. The molecule has 0 atom stereocenters. The van der Waals surface area contributed by atoms with Gasteiger partial charge in [-0.15, -0.1) is 10.2 Å². The fraction of sp³-hybridized carbons (Fsp3) is 0.167. The van der Waals surface area contributed by atoms with E-state index in [1.807, 2.05) is 6.26 Å². The zero-order valence-corrected chi connectivity index (χ0v) is 19.1. The van der Waals surface area contributed by atoms with Crippen LogP contribution in [0.15, 0.2) is 57.8 Å². The van der Waals surface area contributed by atoms with E-state index in [-0.39, 0.29) is 21.5 Å². The maximum absolute atomic E-state index is 13.4. The van der Waals surface area contributed by atoms with Crippen LogP contribution < -0.4 is 14.4 Å². The van der Waals surface area contributed by atoms with Gasteiger partial charge in [-0.1, -0.05) is 52.9 Å². The number of carbonyl (C=O) groups excluding carboxylic acids is 1. The van der Waals surface area contributed by atoms with Crippen molar-refractivity contribution in [2.45, 2.75) is 9.24 Å². The number of halogens is 1. The van der Waals surface area contributed by atoms with E-state index in [4.69, 9.17) is 16.3 Å². The lowest BCUT2D eigenvalue weighted by Crippen LogP contribution is -2.38. The van der Waals surface area contributed by atoms with Gasteiger partial charge >= 0.3 is 0 Å². The first-order valence-corrected chi connectivity index (χ1v) is 12.3. The fourth-order valence-corrected chi connectivity index (χ4v) is 5.31. The van der Waals surface area contributed by atoms with Crippen molar-refractivity contribution in [3.63, 3.8) is 0 Å². The number of ether oxygens (including phenoxy) is 1. The predicted octanol–water partition coefficient (Wildman–Crippen LogP) is 3.76. The van der Waals surface area contributed by atoms with Crippen LogP contribution in [0.4, 0.5) is 10.8 Å². The first-order chi connectivity index (χ1) is 14.3. The first kappa shape index (κ1) is 22.3. The van der Waals surface area contributed by atoms with E-state index in [9.17, 15) is 13.2 Å². The smallest absolute Gasteiger partial charge is 0.264 e. The number of anilines is 2. The SMILES string of the molecule is COc1ccc(Cl)cc1N(CC(=O)Nc1nnc(SC)s1)S(=O)(=O)c1ccccc1. The van der Waals surface area contributed by atoms with Gasteiger partial charge in [-0.2, -0.15) is 0 Å². The van der Waals surface area contributed by atoms with Crippen molar-refractivity contribution in [3.8, 4) is 5.75 Å². The monoisotopic (exact) mass is 484 g/mol. The second-order valence-electron chi connectivity index (χ2n) is 5.77. The maximum atomic E-state index is 13.4. The summed E-state index contributed by atoms with van der Waals surface area (Å²) in [5.41, 5.74) is 0.145. The zero-order valence-electron chi connectivity index (χ0n) is 15.9. The summed E-state index contributed by atoms with van der Waals surface area (Å²) in [6.07, 6.45) is 1.84. The Morgan fingerprint density at radius 3 is 2.60 bits per heavy atom. The molecule has 0 fully saturated rings. The Morgan fingerprint density at radius 2 is 1.97 bits per heavy atom. The molecule has 8 nitrogen and oxygen atoms in total. The number of nitrogens with zero attached hydrogens (tertiary/aromatic N) is 3. The van der Waals surface area contributed by atoms with E-state index >= 15 is 0 Å². The van der Waals surface area contributed by atoms with Crippen LogP contribution in [0.2, 0.25) is 5.02 Å². The van der Waals surface area contributed by atoms with E-state index in [1.165, 1.54) is 48.4 Å². The standard InChI is InChI=1S/C18H17ClN4O4S3/c1-27-15-9-8-12(19)10-14(15)23(30(25,26)13-6-4-3-5-7-13)11-16(24)20-17-21-22-18(28-2)29-17/h3-10H,11H2,1-2H3,(H,20,21,24). The Morgan fingerprint density at radius 1 is 1.23 bits per heavy atom. The molecule has 0 spiro atoms. The number of methoxy groups -OCH3 is 1. The third-order valence-electron chi connectivity index (χ3n) is 3.86. The van der Waals surface area contributed by atoms with Gasteiger partial charge in [-0.3, -0.25) is 14.4 Å². The lowest BCUT2D eigenvalue weighted by atomic mass is 10.3. The summed E-state index contributed by atoms with van der Waals surface area (Å²) < 4.78 is 33.7. The van der Waals surface area contributed by atoms with Gasteiger partial charge in [-0.25, -0.2) is 8.42 Å². The normalized spacial score (nSPS) is 11.2. The molecule has 0 radical (unpaired) electrons. The number of aromatic nitrogens is 2. The number of sulfonamides is 1. The maximum Gasteiger partial charge on any atom is 0.264 e. The number of nitrogens with one attached hydrogen (secondary N) is 1. The second-order valence-corrected chi connectivity index (χ2v) is 10.1. The van der Waals surface area contributed by atoms with E-state index in [0.717, 1.165) is 4.31 Å². The van der Waals surface area contributed by atoms with Gasteiger partial charge in [0.05, 0.1) is 17.7 Å². The Kier molecular flexibility index (Phi) is 7.19. The number of benzene rings is 2. The van der Waals surface area contributed by atoms with Gasteiger partial charge < -0.3 is 4.74 Å². The van der Waals surface area contributed by atoms with E-state index in [2.05, 4.69) is 15.5 Å². The van der Waals surface area contributed by atoms with Gasteiger partial charge in [0.2, 0.25) is 11.0 Å². The molecule has 1 heterocycles. The van der Waals surface area contributed by atoms with Crippen molar-refractivity contribution in [3.05, 3.63) is 53.6 Å². The molecule has 0 unspecified atom stereocenters. The molecule has 12 heteroatoms. The highest BCUT2D eigenvalue weighted by Crippen LogP contribution is 2.35. The summed E-state index contributed by atoms with van der Waals surface area (Å²) in [7, 11) is -2.69. The molecule has 1 aromatic heterocycles. The second kappa shape index (κ2) is 9.65. The summed E-state index contributed by atoms with van der Waals surface area (Å²) in [6.45, 7) is -0.512. The molecular formula is C18H17ClN4O4S3. The molecular weight excluding hydrogens is 468 g/mol. The zero-order chi connectivity index (χ0) is 21.7. The molecule has 3 aromatic rings. The van der Waals surface area contributed by atoms with Crippen molar-refractivity contribution in [2.24, 2.45) is 0 Å². The molecule has 0 aliphatic rings. The van der Waals surface area contributed by atoms with Crippen LogP contribution in [0.1, 0.15) is 0 Å². The lowest BCUT2D eigenvalue weighted by Gasteiger charge is -2.25. The molecule has 0 saturated carbocycles. The van der Waals surface area contributed by atoms with Gasteiger partial charge in [0, 0.05) is 5.02 Å². The third kappa shape index (κ3) is 5.04. The van der Waals surface area contributed by atoms with Crippen LogP contribution in [-0.4, -0.2) is 44.4 Å². The third-order valence-corrected chi connectivity index (χ3v) is 7.68. The molecule has 1 amide bonds. The molecule has 3 rings (SSSR count). The van der Waals surface area contributed by atoms with Crippen LogP contribution >= 0.6 is 34.7 Å². The summed E-state index contributed by atoms with van der Waals surface area (Å²) in [5, 5.41) is 10.9. The van der Waals surface area contributed by atoms with Crippen molar-refractivity contribution in [1.82, 2.24) is 10.2 Å². The summed E-state index contributed by atoms with van der Waals surface area (Å²) in [5.74, 6) is -0.326. The Hall–Kier alpha value is -2.34. The Balaban J connectivity index is 2.00. The largest absolute Gasteiger partial charge is 0.495 e. The summed E-state index contributed by atoms with van der Waals surface area (Å²) in [6, 6.07) is 12.4. The highest BCUT2D eigenvalue weighted by Gasteiger charge is 2.30. The Labute approximate surface area is 187 Å². The topological polar surface area (TPSA) is 101 Å². The van der Waals surface area contributed by atoms with Crippen LogP contribution in [-0.2, 0) is 14.8 Å². The number of hydrogen-bond acceptors (Lipinski definition) is 8. The van der Waals surface area contributed by atoms with E-state index in [1.54, 1.807) is 30.3 Å². The molecule has 1 N–H and O–H groups in total. The minimum absolute atomic E-state index is 0.0282. The highest BCUT2D eigenvalue weighted by atomic mass is 35.5. The van der Waals surface area contributed by atoms with Gasteiger partial charge in [0.25, 0.3) is 10.0 Å². The van der Waals surface area contributed by atoms with Crippen molar-refractivity contribution in [1.29, 1.82) is 0 Å². The molecule has 0 saturated heterocycles. The molecule has 2 aromatic carbocycles. The van der Waals surface area contributed by atoms with Crippen LogP contribution in [0.25, 0.3) is 0 Å². The fourth-order valence-electron chi connectivity index (χ4n) is 2.51. The summed E-state index contributed by atoms with van der Waals surface area (Å²) in [4.78, 5) is 12.7. The van der Waals surface area contributed by atoms with Crippen molar-refractivity contribution >= 4 is 61.4 Å². The number of carbonyl (C=O) groups is 1. The Bertz CT molecular complexity index is 1140. The van der Waals surface area contributed by atoms with Crippen LogP contribution in [0.3, 0.4) is 0 Å². The van der Waals surface area contributed by atoms with Crippen molar-refractivity contribution < 1.29 is 17.9 Å². The molecule has 0 aliphatic carbocycles. The first-order valence-electron chi connectivity index (χ1n) is 8.44. The van der Waals surface area contributed by atoms with Crippen molar-refractivity contribution in [2.75, 3.05) is 29.5 Å². The number of thioether (sulfide) groups is 1. The van der Waals surface area contributed by atoms with E-state index in [0.29, 0.717) is 9.36 Å². The average Bonchev–Trinajstić information content (AvgIpc) is 3.20. The van der Waals surface area contributed by atoms with Gasteiger partial charge in [0.1, 0.15) is 12.3 Å². The van der Waals surface area contributed by atoms with Crippen LogP contribution in [0, 0.1) is 0 Å². The lowest BCUT2D eigenvalue weighted by molar-refractivity contribution is -0.114. The highest BCUT2D eigenvalue weighted by molar-refractivity contribution is 8.00. The van der Waals surface area contributed by atoms with E-state index < -0.39 is 22.5 Å². The number of hydrogen-bond donors (Lipinski definition) is 1. The average molecular weight is 485 g/mol. The van der Waals surface area contributed by atoms with Crippen LogP contribution in [0.5, 0.6) is 5.75 Å². The molecule has 0 bridgehead atoms. The minimum atomic E-state index is -4.09. The number of amides is 1. The molecule has 158 valence electrons.